The maximum Gasteiger partial charge on any atom is 0.223 e. The molecule has 4 rings (SSSR count). The zero-order valence-electron chi connectivity index (χ0n) is 13.6. The van der Waals surface area contributed by atoms with Gasteiger partial charge >= 0.3 is 0 Å². The number of halogens is 1. The summed E-state index contributed by atoms with van der Waals surface area (Å²) in [6.07, 6.45) is 4.60. The van der Waals surface area contributed by atoms with Gasteiger partial charge in [-0.15, -0.1) is 0 Å². The molecule has 1 aliphatic heterocycles. The summed E-state index contributed by atoms with van der Waals surface area (Å²) in [6.45, 7) is 1.57. The lowest BCUT2D eigenvalue weighted by atomic mass is 10.1. The summed E-state index contributed by atoms with van der Waals surface area (Å²) in [4.78, 5) is 18.5. The standard InChI is InChI=1S/C18H20ClN3O2/c1-24-13-4-5-16-14(7-13)18(15(19)9-20-16)21-8-11-6-17(23)22(10-11)12-2-3-12/h4-5,7,9,11-12H,2-3,6,8,10H2,1H3,(H,20,21). The van der Waals surface area contributed by atoms with Crippen molar-refractivity contribution in [1.29, 1.82) is 0 Å². The summed E-state index contributed by atoms with van der Waals surface area (Å²) in [5.74, 6) is 1.38. The topological polar surface area (TPSA) is 54.5 Å². The number of likely N-dealkylation sites (tertiary alicyclic amines) is 1. The predicted octanol–water partition coefficient (Wildman–Crippen LogP) is 3.32. The highest BCUT2D eigenvalue weighted by Crippen LogP contribution is 2.35. The van der Waals surface area contributed by atoms with Crippen molar-refractivity contribution in [2.24, 2.45) is 5.92 Å². The number of nitrogens with zero attached hydrogens (tertiary/aromatic N) is 2. The summed E-state index contributed by atoms with van der Waals surface area (Å²) >= 11 is 6.36. The minimum Gasteiger partial charge on any atom is -0.497 e. The van der Waals surface area contributed by atoms with Crippen LogP contribution in [-0.2, 0) is 4.79 Å². The molecule has 2 fully saturated rings. The second-order valence-corrected chi connectivity index (χ2v) is 7.00. The Morgan fingerprint density at radius 1 is 1.42 bits per heavy atom. The van der Waals surface area contributed by atoms with E-state index < -0.39 is 0 Å². The molecule has 1 atom stereocenters. The van der Waals surface area contributed by atoms with Crippen LogP contribution in [0.4, 0.5) is 5.69 Å². The van der Waals surface area contributed by atoms with Gasteiger partial charge in [0.2, 0.25) is 5.91 Å². The van der Waals surface area contributed by atoms with Crippen molar-refractivity contribution < 1.29 is 9.53 Å². The summed E-state index contributed by atoms with van der Waals surface area (Å²) < 4.78 is 5.31. The highest BCUT2D eigenvalue weighted by atomic mass is 35.5. The Kier molecular flexibility index (Phi) is 3.96. The molecule has 5 nitrogen and oxygen atoms in total. The second kappa shape index (κ2) is 6.13. The van der Waals surface area contributed by atoms with Crippen molar-refractivity contribution in [3.63, 3.8) is 0 Å². The molecule has 1 aromatic carbocycles. The van der Waals surface area contributed by atoms with Gasteiger partial charge in [0.25, 0.3) is 0 Å². The predicted molar refractivity (Wildman–Crippen MR) is 94.6 cm³/mol. The van der Waals surface area contributed by atoms with Crippen LogP contribution in [0.25, 0.3) is 10.9 Å². The van der Waals surface area contributed by atoms with E-state index in [1.807, 2.05) is 23.1 Å². The number of rotatable bonds is 5. The van der Waals surface area contributed by atoms with Gasteiger partial charge in [0.05, 0.1) is 23.3 Å². The van der Waals surface area contributed by atoms with E-state index in [2.05, 4.69) is 10.3 Å². The first kappa shape index (κ1) is 15.5. The molecule has 1 N–H and O–H groups in total. The van der Waals surface area contributed by atoms with Gasteiger partial charge in [-0.3, -0.25) is 9.78 Å². The number of carbonyl (C=O) groups excluding carboxylic acids is 1. The Labute approximate surface area is 145 Å². The van der Waals surface area contributed by atoms with Crippen LogP contribution in [0.3, 0.4) is 0 Å². The average Bonchev–Trinajstić information content (AvgIpc) is 3.36. The van der Waals surface area contributed by atoms with Crippen LogP contribution >= 0.6 is 11.6 Å². The van der Waals surface area contributed by atoms with Gasteiger partial charge in [0.15, 0.2) is 0 Å². The lowest BCUT2D eigenvalue weighted by Crippen LogP contribution is -2.28. The number of nitrogens with one attached hydrogen (secondary N) is 1. The Hall–Kier alpha value is -2.01. The molecule has 2 aromatic rings. The number of ether oxygens (including phenoxy) is 1. The van der Waals surface area contributed by atoms with Crippen LogP contribution in [0.1, 0.15) is 19.3 Å². The van der Waals surface area contributed by atoms with E-state index in [1.54, 1.807) is 13.3 Å². The van der Waals surface area contributed by atoms with Crippen LogP contribution in [-0.4, -0.2) is 42.0 Å². The summed E-state index contributed by atoms with van der Waals surface area (Å²) in [5, 5.41) is 4.96. The molecule has 0 radical (unpaired) electrons. The molecule has 1 unspecified atom stereocenters. The van der Waals surface area contributed by atoms with E-state index in [0.717, 1.165) is 48.3 Å². The average molecular weight is 346 g/mol. The largest absolute Gasteiger partial charge is 0.497 e. The number of fused-ring (bicyclic) bond motifs is 1. The SMILES string of the molecule is COc1ccc2ncc(Cl)c(NCC3CC(=O)N(C4CC4)C3)c2c1. The van der Waals surface area contributed by atoms with E-state index in [1.165, 1.54) is 0 Å². The van der Waals surface area contributed by atoms with Crippen LogP contribution in [0.2, 0.25) is 5.02 Å². The maximum absolute atomic E-state index is 12.1. The number of anilines is 1. The number of hydrogen-bond donors (Lipinski definition) is 1. The van der Waals surface area contributed by atoms with Crippen molar-refractivity contribution in [1.82, 2.24) is 9.88 Å². The van der Waals surface area contributed by atoms with Gasteiger partial charge in [-0.25, -0.2) is 0 Å². The third-order valence-corrected chi connectivity index (χ3v) is 5.11. The molecule has 2 heterocycles. The molecule has 6 heteroatoms. The summed E-state index contributed by atoms with van der Waals surface area (Å²) in [5.41, 5.74) is 1.72. The lowest BCUT2D eigenvalue weighted by Gasteiger charge is -2.17. The summed E-state index contributed by atoms with van der Waals surface area (Å²) in [6, 6.07) is 6.24. The zero-order valence-corrected chi connectivity index (χ0v) is 14.3. The molecule has 1 amide bonds. The fourth-order valence-corrected chi connectivity index (χ4v) is 3.60. The van der Waals surface area contributed by atoms with Gasteiger partial charge in [-0.2, -0.15) is 0 Å². The highest BCUT2D eigenvalue weighted by molar-refractivity contribution is 6.34. The number of aromatic nitrogens is 1. The van der Waals surface area contributed by atoms with Gasteiger partial charge in [0, 0.05) is 43.1 Å². The monoisotopic (exact) mass is 345 g/mol. The Morgan fingerprint density at radius 3 is 3.00 bits per heavy atom. The molecular weight excluding hydrogens is 326 g/mol. The number of amides is 1. The first-order chi connectivity index (χ1) is 11.7. The Bertz CT molecular complexity index is 791. The van der Waals surface area contributed by atoms with Crippen molar-refractivity contribution in [2.45, 2.75) is 25.3 Å². The van der Waals surface area contributed by atoms with E-state index in [0.29, 0.717) is 23.4 Å². The van der Waals surface area contributed by atoms with Crippen LogP contribution in [0.5, 0.6) is 5.75 Å². The fraction of sp³-hybridized carbons (Fsp3) is 0.444. The van der Waals surface area contributed by atoms with Crippen LogP contribution in [0.15, 0.2) is 24.4 Å². The van der Waals surface area contributed by atoms with Crippen LogP contribution < -0.4 is 10.1 Å². The second-order valence-electron chi connectivity index (χ2n) is 6.59. The van der Waals surface area contributed by atoms with Crippen molar-refractivity contribution in [3.05, 3.63) is 29.4 Å². The molecule has 24 heavy (non-hydrogen) atoms. The van der Waals surface area contributed by atoms with Gasteiger partial charge in [0.1, 0.15) is 5.75 Å². The molecule has 1 saturated carbocycles. The molecule has 1 saturated heterocycles. The molecule has 1 aliphatic carbocycles. The molecular formula is C18H20ClN3O2. The third kappa shape index (κ3) is 2.88. The molecule has 0 bridgehead atoms. The zero-order chi connectivity index (χ0) is 16.7. The van der Waals surface area contributed by atoms with Crippen molar-refractivity contribution in [3.8, 4) is 5.75 Å². The number of benzene rings is 1. The maximum atomic E-state index is 12.1. The molecule has 0 spiro atoms. The first-order valence-corrected chi connectivity index (χ1v) is 8.69. The number of carbonyl (C=O) groups is 1. The minimum atomic E-state index is 0.289. The van der Waals surface area contributed by atoms with Crippen molar-refractivity contribution in [2.75, 3.05) is 25.5 Å². The van der Waals surface area contributed by atoms with E-state index >= 15 is 0 Å². The quantitative estimate of drug-likeness (QED) is 0.903. The van der Waals surface area contributed by atoms with Crippen LogP contribution in [0, 0.1) is 5.92 Å². The molecule has 2 aliphatic rings. The van der Waals surface area contributed by atoms with Gasteiger partial charge in [-0.1, -0.05) is 11.6 Å². The van der Waals surface area contributed by atoms with E-state index in [9.17, 15) is 4.79 Å². The number of methoxy groups -OCH3 is 1. The molecule has 1 aromatic heterocycles. The third-order valence-electron chi connectivity index (χ3n) is 4.82. The summed E-state index contributed by atoms with van der Waals surface area (Å²) in [7, 11) is 1.64. The van der Waals surface area contributed by atoms with E-state index in [-0.39, 0.29) is 5.91 Å². The lowest BCUT2D eigenvalue weighted by molar-refractivity contribution is -0.128. The fourth-order valence-electron chi connectivity index (χ4n) is 3.38. The van der Waals surface area contributed by atoms with Gasteiger partial charge in [-0.05, 0) is 31.0 Å². The number of hydrogen-bond acceptors (Lipinski definition) is 4. The Balaban J connectivity index is 1.53. The van der Waals surface area contributed by atoms with E-state index in [4.69, 9.17) is 16.3 Å². The number of pyridine rings is 1. The van der Waals surface area contributed by atoms with Crippen molar-refractivity contribution >= 4 is 34.1 Å². The highest BCUT2D eigenvalue weighted by Gasteiger charge is 2.39. The first-order valence-electron chi connectivity index (χ1n) is 8.31. The van der Waals surface area contributed by atoms with Gasteiger partial charge < -0.3 is 15.0 Å². The minimum absolute atomic E-state index is 0.289. The Morgan fingerprint density at radius 2 is 2.25 bits per heavy atom. The molecule has 126 valence electrons. The smallest absolute Gasteiger partial charge is 0.223 e. The normalized spacial score (nSPS) is 20.7.